The van der Waals surface area contributed by atoms with Crippen molar-refractivity contribution < 1.29 is 4.79 Å². The molecule has 0 saturated carbocycles. The highest BCUT2D eigenvalue weighted by Gasteiger charge is 2.02. The Labute approximate surface area is 145 Å². The van der Waals surface area contributed by atoms with Gasteiger partial charge in [-0.1, -0.05) is 42.5 Å². The van der Waals surface area contributed by atoms with E-state index in [9.17, 15) is 4.79 Å². The molecule has 0 aliphatic carbocycles. The molecule has 0 saturated heterocycles. The molecule has 3 nitrogen and oxygen atoms in total. The largest absolute Gasteiger partial charge is 0.329 e. The zero-order valence-corrected chi connectivity index (χ0v) is 14.3. The molecule has 0 bridgehead atoms. The zero-order valence-electron chi connectivity index (χ0n) is 13.5. The van der Waals surface area contributed by atoms with Crippen LogP contribution in [0.3, 0.4) is 0 Å². The van der Waals surface area contributed by atoms with E-state index in [1.165, 1.54) is 10.4 Å². The minimum absolute atomic E-state index is 0.0560. The van der Waals surface area contributed by atoms with Crippen molar-refractivity contribution in [3.63, 3.8) is 0 Å². The number of nitrogens with zero attached hydrogens (tertiary/aromatic N) is 2. The second-order valence-electron chi connectivity index (χ2n) is 5.61. The SMILES string of the molecule is O=C(CCCc1cccs1)N=c1ccccn1Cc1ccccc1. The number of carbonyl (C=O) groups is 1. The summed E-state index contributed by atoms with van der Waals surface area (Å²) < 4.78 is 2.01. The lowest BCUT2D eigenvalue weighted by Crippen LogP contribution is -2.22. The minimum atomic E-state index is -0.0560. The number of amides is 1. The summed E-state index contributed by atoms with van der Waals surface area (Å²) in [5.74, 6) is -0.0560. The van der Waals surface area contributed by atoms with Crippen molar-refractivity contribution >= 4 is 17.2 Å². The van der Waals surface area contributed by atoms with Crippen LogP contribution in [0.15, 0.2) is 77.2 Å². The van der Waals surface area contributed by atoms with E-state index in [0.717, 1.165) is 12.8 Å². The van der Waals surface area contributed by atoms with Gasteiger partial charge in [0, 0.05) is 24.0 Å². The summed E-state index contributed by atoms with van der Waals surface area (Å²) in [6, 6.07) is 20.1. The Balaban J connectivity index is 1.66. The maximum absolute atomic E-state index is 12.2. The van der Waals surface area contributed by atoms with Crippen LogP contribution in [-0.2, 0) is 17.8 Å². The Bertz CT molecular complexity index is 835. The first-order chi connectivity index (χ1) is 11.8. The van der Waals surface area contributed by atoms with Crippen molar-refractivity contribution in [3.8, 4) is 0 Å². The van der Waals surface area contributed by atoms with E-state index in [1.807, 2.05) is 53.2 Å². The van der Waals surface area contributed by atoms with Gasteiger partial charge in [0.05, 0.1) is 0 Å². The molecule has 3 aromatic rings. The lowest BCUT2D eigenvalue weighted by Gasteiger charge is -2.07. The summed E-state index contributed by atoms with van der Waals surface area (Å²) in [4.78, 5) is 17.8. The van der Waals surface area contributed by atoms with E-state index < -0.39 is 0 Å². The van der Waals surface area contributed by atoms with E-state index in [0.29, 0.717) is 18.5 Å². The maximum Gasteiger partial charge on any atom is 0.247 e. The fraction of sp³-hybridized carbons (Fsp3) is 0.200. The first-order valence-electron chi connectivity index (χ1n) is 8.10. The average Bonchev–Trinajstić information content (AvgIpc) is 3.11. The van der Waals surface area contributed by atoms with Crippen LogP contribution < -0.4 is 5.49 Å². The highest BCUT2D eigenvalue weighted by Crippen LogP contribution is 2.12. The number of carbonyl (C=O) groups excluding carboxylic acids is 1. The minimum Gasteiger partial charge on any atom is -0.329 e. The van der Waals surface area contributed by atoms with Gasteiger partial charge in [0.2, 0.25) is 5.91 Å². The Morgan fingerprint density at radius 3 is 2.62 bits per heavy atom. The van der Waals surface area contributed by atoms with Crippen molar-refractivity contribution in [2.24, 2.45) is 4.99 Å². The van der Waals surface area contributed by atoms with Crippen LogP contribution >= 0.6 is 11.3 Å². The molecule has 2 aromatic heterocycles. The smallest absolute Gasteiger partial charge is 0.247 e. The quantitative estimate of drug-likeness (QED) is 0.669. The lowest BCUT2D eigenvalue weighted by atomic mass is 10.2. The average molecular weight is 336 g/mol. The van der Waals surface area contributed by atoms with Gasteiger partial charge in [-0.2, -0.15) is 4.99 Å². The van der Waals surface area contributed by atoms with Crippen molar-refractivity contribution in [1.29, 1.82) is 0 Å². The Morgan fingerprint density at radius 1 is 1.00 bits per heavy atom. The predicted octanol–water partition coefficient (Wildman–Crippen LogP) is 4.05. The first-order valence-corrected chi connectivity index (χ1v) is 8.98. The fourth-order valence-corrected chi connectivity index (χ4v) is 3.29. The normalized spacial score (nSPS) is 11.6. The van der Waals surface area contributed by atoms with Gasteiger partial charge in [-0.15, -0.1) is 11.3 Å². The monoisotopic (exact) mass is 336 g/mol. The van der Waals surface area contributed by atoms with Gasteiger partial charge in [-0.3, -0.25) is 4.79 Å². The molecular formula is C20H20N2OS. The number of pyridine rings is 1. The Kier molecular flexibility index (Phi) is 5.75. The third-order valence-corrected chi connectivity index (χ3v) is 4.68. The van der Waals surface area contributed by atoms with Crippen molar-refractivity contribution in [2.75, 3.05) is 0 Å². The third-order valence-electron chi connectivity index (χ3n) is 3.75. The fourth-order valence-electron chi connectivity index (χ4n) is 2.53. The molecule has 0 N–H and O–H groups in total. The van der Waals surface area contributed by atoms with E-state index in [-0.39, 0.29) is 5.91 Å². The molecule has 2 heterocycles. The summed E-state index contributed by atoms with van der Waals surface area (Å²) in [7, 11) is 0. The van der Waals surface area contributed by atoms with Crippen LogP contribution in [0.4, 0.5) is 0 Å². The molecular weight excluding hydrogens is 316 g/mol. The van der Waals surface area contributed by atoms with Crippen molar-refractivity contribution in [2.45, 2.75) is 25.8 Å². The molecule has 0 aliphatic rings. The van der Waals surface area contributed by atoms with Gasteiger partial charge in [0.1, 0.15) is 5.49 Å². The van der Waals surface area contributed by atoms with Gasteiger partial charge in [-0.05, 0) is 42.0 Å². The number of rotatable bonds is 6. The summed E-state index contributed by atoms with van der Waals surface area (Å²) in [5.41, 5.74) is 1.90. The van der Waals surface area contributed by atoms with Gasteiger partial charge in [0.15, 0.2) is 0 Å². The van der Waals surface area contributed by atoms with Crippen LogP contribution in [-0.4, -0.2) is 10.5 Å². The summed E-state index contributed by atoms with van der Waals surface area (Å²) in [5, 5.41) is 2.07. The molecule has 122 valence electrons. The highest BCUT2D eigenvalue weighted by molar-refractivity contribution is 7.09. The molecule has 0 aliphatic heterocycles. The summed E-state index contributed by atoms with van der Waals surface area (Å²) in [6.45, 7) is 0.711. The summed E-state index contributed by atoms with van der Waals surface area (Å²) in [6.07, 6.45) is 4.23. The second-order valence-corrected chi connectivity index (χ2v) is 6.64. The zero-order chi connectivity index (χ0) is 16.6. The van der Waals surface area contributed by atoms with Crippen LogP contribution in [0.25, 0.3) is 0 Å². The van der Waals surface area contributed by atoms with Crippen molar-refractivity contribution in [3.05, 3.63) is 88.2 Å². The van der Waals surface area contributed by atoms with E-state index in [4.69, 9.17) is 0 Å². The van der Waals surface area contributed by atoms with E-state index in [1.54, 1.807) is 11.3 Å². The van der Waals surface area contributed by atoms with Gasteiger partial charge >= 0.3 is 0 Å². The number of hydrogen-bond donors (Lipinski definition) is 0. The number of benzene rings is 1. The number of aromatic nitrogens is 1. The van der Waals surface area contributed by atoms with Crippen LogP contribution in [0.5, 0.6) is 0 Å². The molecule has 1 aromatic carbocycles. The third kappa shape index (κ3) is 4.77. The van der Waals surface area contributed by atoms with E-state index >= 15 is 0 Å². The Hall–Kier alpha value is -2.46. The van der Waals surface area contributed by atoms with Crippen LogP contribution in [0, 0.1) is 0 Å². The lowest BCUT2D eigenvalue weighted by molar-refractivity contribution is -0.118. The number of thiophene rings is 1. The maximum atomic E-state index is 12.2. The highest BCUT2D eigenvalue weighted by atomic mass is 32.1. The van der Waals surface area contributed by atoms with Crippen LogP contribution in [0.2, 0.25) is 0 Å². The van der Waals surface area contributed by atoms with Gasteiger partial charge in [-0.25, -0.2) is 0 Å². The van der Waals surface area contributed by atoms with Gasteiger partial charge in [0.25, 0.3) is 0 Å². The van der Waals surface area contributed by atoms with E-state index in [2.05, 4.69) is 28.6 Å². The second kappa shape index (κ2) is 8.41. The molecule has 0 atom stereocenters. The number of aryl methyl sites for hydroxylation is 1. The standard InChI is InChI=1S/C20H20N2OS/c23-20(13-6-10-18-11-7-15-24-18)21-19-12-4-5-14-22(19)16-17-8-2-1-3-9-17/h1-5,7-9,11-12,14-15H,6,10,13,16H2. The molecule has 24 heavy (non-hydrogen) atoms. The molecule has 0 fully saturated rings. The molecule has 3 rings (SSSR count). The first kappa shape index (κ1) is 16.4. The van der Waals surface area contributed by atoms with Crippen molar-refractivity contribution in [1.82, 2.24) is 4.57 Å². The molecule has 4 heteroatoms. The molecule has 0 radical (unpaired) electrons. The number of hydrogen-bond acceptors (Lipinski definition) is 2. The summed E-state index contributed by atoms with van der Waals surface area (Å²) >= 11 is 1.74. The predicted molar refractivity (Wildman–Crippen MR) is 97.8 cm³/mol. The Morgan fingerprint density at radius 2 is 1.83 bits per heavy atom. The topological polar surface area (TPSA) is 34.4 Å². The van der Waals surface area contributed by atoms with Crippen LogP contribution in [0.1, 0.15) is 23.3 Å². The molecule has 1 amide bonds. The van der Waals surface area contributed by atoms with Gasteiger partial charge < -0.3 is 4.57 Å². The molecule has 0 unspecified atom stereocenters. The molecule has 0 spiro atoms.